The molecule has 0 atom stereocenters. The number of hydrogen-bond acceptors (Lipinski definition) is 4. The minimum Gasteiger partial charge on any atom is -0.357 e. The number of sulfonamides is 1. The molecule has 0 unspecified atom stereocenters. The summed E-state index contributed by atoms with van der Waals surface area (Å²) in [6, 6.07) is -0.0317. The third kappa shape index (κ3) is 7.02. The molecule has 0 radical (unpaired) electrons. The van der Waals surface area contributed by atoms with Crippen LogP contribution in [0.25, 0.3) is 0 Å². The van der Waals surface area contributed by atoms with Crippen LogP contribution in [0.2, 0.25) is 0 Å². The summed E-state index contributed by atoms with van der Waals surface area (Å²) in [6.45, 7) is 1.92. The second-order valence-electron chi connectivity index (χ2n) is 7.37. The van der Waals surface area contributed by atoms with Crippen LogP contribution in [0.15, 0.2) is 4.99 Å². The smallest absolute Gasteiger partial charge is 0.357 e. The minimum absolute atomic E-state index is 0.0485. The van der Waals surface area contributed by atoms with Crippen molar-refractivity contribution in [3.8, 4) is 0 Å². The number of nitrogens with one attached hydrogen (secondary N) is 3. The molecule has 0 spiro atoms. The van der Waals surface area contributed by atoms with Crippen LogP contribution in [0, 0.1) is 0 Å². The number of amides is 1. The molecule has 0 aromatic carbocycles. The fraction of sp³-hybridized carbons (Fsp3) is 0.882. The SMILES string of the molecule is CCNC(=NCC(=O)NC1CCCCC1)NC1CCN(S(=O)(=O)C(F)(F)F)CC1. The summed E-state index contributed by atoms with van der Waals surface area (Å²) in [5.41, 5.74) is -5.28. The second kappa shape index (κ2) is 10.5. The molecule has 1 heterocycles. The summed E-state index contributed by atoms with van der Waals surface area (Å²) < 4.78 is 61.4. The zero-order valence-corrected chi connectivity index (χ0v) is 17.4. The zero-order chi connectivity index (χ0) is 21.5. The molecule has 2 rings (SSSR count). The summed E-state index contributed by atoms with van der Waals surface area (Å²) in [7, 11) is -5.29. The maximum absolute atomic E-state index is 12.7. The van der Waals surface area contributed by atoms with Crippen LogP contribution in [0.1, 0.15) is 51.9 Å². The van der Waals surface area contributed by atoms with Crippen LogP contribution < -0.4 is 16.0 Å². The molecule has 1 saturated carbocycles. The Morgan fingerprint density at radius 1 is 1.03 bits per heavy atom. The summed E-state index contributed by atoms with van der Waals surface area (Å²) in [5, 5.41) is 9.06. The van der Waals surface area contributed by atoms with Gasteiger partial charge in [0.25, 0.3) is 0 Å². The Balaban J connectivity index is 1.84. The Hall–Kier alpha value is -1.56. The van der Waals surface area contributed by atoms with Crippen molar-refractivity contribution in [2.45, 2.75) is 69.5 Å². The number of piperidine rings is 1. The number of carbonyl (C=O) groups excluding carboxylic acids is 1. The highest BCUT2D eigenvalue weighted by Crippen LogP contribution is 2.28. The second-order valence-corrected chi connectivity index (χ2v) is 9.30. The first kappa shape index (κ1) is 23.7. The Kier molecular flexibility index (Phi) is 8.56. The van der Waals surface area contributed by atoms with Crippen molar-refractivity contribution in [3.63, 3.8) is 0 Å². The summed E-state index contributed by atoms with van der Waals surface area (Å²) in [5.74, 6) is 0.226. The standard InChI is InChI=1S/C17H30F3N5O3S/c1-2-21-16(22-12-15(26)23-13-6-4-3-5-7-13)24-14-8-10-25(11-9-14)29(27,28)17(18,19)20/h13-14H,2-12H2,1H3,(H,23,26)(H2,21,22,24). The van der Waals surface area contributed by atoms with Crippen LogP contribution >= 0.6 is 0 Å². The van der Waals surface area contributed by atoms with E-state index in [9.17, 15) is 26.4 Å². The summed E-state index contributed by atoms with van der Waals surface area (Å²) in [4.78, 5) is 16.4. The molecule has 168 valence electrons. The van der Waals surface area contributed by atoms with E-state index in [1.54, 1.807) is 0 Å². The van der Waals surface area contributed by atoms with Crippen LogP contribution in [0.4, 0.5) is 13.2 Å². The number of alkyl halides is 3. The lowest BCUT2D eigenvalue weighted by Crippen LogP contribution is -2.51. The predicted octanol–water partition coefficient (Wildman–Crippen LogP) is 1.30. The molecule has 1 saturated heterocycles. The fourth-order valence-corrected chi connectivity index (χ4v) is 4.56. The number of rotatable bonds is 6. The molecule has 0 aromatic rings. The van der Waals surface area contributed by atoms with Gasteiger partial charge >= 0.3 is 15.5 Å². The van der Waals surface area contributed by atoms with Crippen molar-refractivity contribution >= 4 is 21.9 Å². The van der Waals surface area contributed by atoms with Gasteiger partial charge in [0.2, 0.25) is 5.91 Å². The van der Waals surface area contributed by atoms with Crippen LogP contribution in [-0.4, -0.2) is 68.4 Å². The molecule has 3 N–H and O–H groups in total. The maximum atomic E-state index is 12.7. The van der Waals surface area contributed by atoms with Gasteiger partial charge in [0.05, 0.1) is 0 Å². The highest BCUT2D eigenvalue weighted by Gasteiger charge is 2.50. The van der Waals surface area contributed by atoms with Crippen molar-refractivity contribution < 1.29 is 26.4 Å². The number of nitrogens with zero attached hydrogens (tertiary/aromatic N) is 2. The van der Waals surface area contributed by atoms with Gasteiger partial charge in [0.1, 0.15) is 6.54 Å². The van der Waals surface area contributed by atoms with E-state index >= 15 is 0 Å². The molecule has 12 heteroatoms. The summed E-state index contributed by atoms with van der Waals surface area (Å²) >= 11 is 0. The molecule has 2 fully saturated rings. The number of hydrogen-bond donors (Lipinski definition) is 3. The highest BCUT2D eigenvalue weighted by molar-refractivity contribution is 7.90. The number of aliphatic imine (C=N–C) groups is 1. The molecule has 8 nitrogen and oxygen atoms in total. The van der Waals surface area contributed by atoms with E-state index in [1.165, 1.54) is 6.42 Å². The third-order valence-electron chi connectivity index (χ3n) is 5.12. The molecular formula is C17H30F3N5O3S. The molecule has 0 bridgehead atoms. The Bertz CT molecular complexity index is 670. The monoisotopic (exact) mass is 441 g/mol. The van der Waals surface area contributed by atoms with Crippen LogP contribution in [-0.2, 0) is 14.8 Å². The average Bonchev–Trinajstić information content (AvgIpc) is 2.66. The van der Waals surface area contributed by atoms with Crippen molar-refractivity contribution in [1.82, 2.24) is 20.3 Å². The largest absolute Gasteiger partial charge is 0.511 e. The van der Waals surface area contributed by atoms with Gasteiger partial charge < -0.3 is 16.0 Å². The van der Waals surface area contributed by atoms with Crippen molar-refractivity contribution in [3.05, 3.63) is 0 Å². The lowest BCUT2D eigenvalue weighted by atomic mass is 9.95. The molecule has 1 aliphatic heterocycles. The first-order valence-corrected chi connectivity index (χ1v) is 11.5. The molecule has 1 aliphatic carbocycles. The van der Waals surface area contributed by atoms with Gasteiger partial charge in [-0.15, -0.1) is 0 Å². The lowest BCUT2D eigenvalue weighted by Gasteiger charge is -2.32. The maximum Gasteiger partial charge on any atom is 0.511 e. The number of guanidine groups is 1. The quantitative estimate of drug-likeness (QED) is 0.426. The number of halogens is 3. The zero-order valence-electron chi connectivity index (χ0n) is 16.6. The van der Waals surface area contributed by atoms with E-state index in [2.05, 4.69) is 20.9 Å². The van der Waals surface area contributed by atoms with E-state index in [1.807, 2.05) is 6.92 Å². The van der Waals surface area contributed by atoms with Gasteiger partial charge in [-0.05, 0) is 32.6 Å². The van der Waals surface area contributed by atoms with Gasteiger partial charge in [-0.25, -0.2) is 13.4 Å². The van der Waals surface area contributed by atoms with E-state index in [4.69, 9.17) is 0 Å². The van der Waals surface area contributed by atoms with Gasteiger partial charge in [-0.3, -0.25) is 4.79 Å². The number of carbonyl (C=O) groups is 1. The van der Waals surface area contributed by atoms with Gasteiger partial charge in [0, 0.05) is 31.7 Å². The van der Waals surface area contributed by atoms with E-state index in [0.29, 0.717) is 16.8 Å². The topological polar surface area (TPSA) is 103 Å². The normalized spacial score (nSPS) is 21.0. The van der Waals surface area contributed by atoms with Crippen molar-refractivity contribution in [1.29, 1.82) is 0 Å². The molecule has 29 heavy (non-hydrogen) atoms. The predicted molar refractivity (Wildman–Crippen MR) is 104 cm³/mol. The van der Waals surface area contributed by atoms with Crippen molar-refractivity contribution in [2.24, 2.45) is 4.99 Å². The first-order valence-electron chi connectivity index (χ1n) is 10.0. The van der Waals surface area contributed by atoms with Crippen LogP contribution in [0.5, 0.6) is 0 Å². The lowest BCUT2D eigenvalue weighted by molar-refractivity contribution is -0.120. The third-order valence-corrected chi connectivity index (χ3v) is 6.75. The molecule has 0 aromatic heterocycles. The Morgan fingerprint density at radius 3 is 2.17 bits per heavy atom. The van der Waals surface area contributed by atoms with E-state index in [-0.39, 0.29) is 50.5 Å². The Morgan fingerprint density at radius 2 is 1.62 bits per heavy atom. The van der Waals surface area contributed by atoms with E-state index < -0.39 is 15.5 Å². The van der Waals surface area contributed by atoms with Crippen LogP contribution in [0.3, 0.4) is 0 Å². The molecular weight excluding hydrogens is 411 g/mol. The van der Waals surface area contributed by atoms with Gasteiger partial charge in [-0.2, -0.15) is 17.5 Å². The first-order chi connectivity index (χ1) is 13.6. The van der Waals surface area contributed by atoms with Gasteiger partial charge in [-0.1, -0.05) is 19.3 Å². The summed E-state index contributed by atoms with van der Waals surface area (Å²) in [6.07, 6.45) is 5.81. The minimum atomic E-state index is -5.29. The molecule has 1 amide bonds. The molecule has 2 aliphatic rings. The van der Waals surface area contributed by atoms with Crippen molar-refractivity contribution in [2.75, 3.05) is 26.2 Å². The van der Waals surface area contributed by atoms with Gasteiger partial charge in [0.15, 0.2) is 5.96 Å². The van der Waals surface area contributed by atoms with E-state index in [0.717, 1.165) is 25.7 Å². The Labute approximate surface area is 169 Å². The highest BCUT2D eigenvalue weighted by atomic mass is 32.2. The average molecular weight is 442 g/mol. The fourth-order valence-electron chi connectivity index (χ4n) is 3.57.